The number of hydrogen-bond donors (Lipinski definition) is 2. The Labute approximate surface area is 311 Å². The zero-order valence-corrected chi connectivity index (χ0v) is 31.0. The standard InChI is InChI=1S/C40H52N6O5S/c1-2-3-9-37(51-35-16-12-33(13-17-35)39(41)43-47)50-34-14-10-32(11-15-34)38-36(18-19-44-22-26-48-27-23-44)52-40(42-38)46(30-31-7-5-4-6-8-31)21-20-45-24-28-49-29-25-45/h4-8,10-17,37,47H,2-3,9,18-30H2,1H3,(H2,41,43). The first-order valence-corrected chi connectivity index (χ1v) is 19.3. The molecule has 2 fully saturated rings. The van der Waals surface area contributed by atoms with Crippen LogP contribution in [0.25, 0.3) is 11.3 Å². The summed E-state index contributed by atoms with van der Waals surface area (Å²) in [5.41, 5.74) is 9.73. The fourth-order valence-corrected chi connectivity index (χ4v) is 7.45. The summed E-state index contributed by atoms with van der Waals surface area (Å²) in [5, 5.41) is 13.1. The Kier molecular flexibility index (Phi) is 14.1. The molecule has 2 saturated heterocycles. The average Bonchev–Trinajstić information content (AvgIpc) is 3.63. The van der Waals surface area contributed by atoms with Crippen LogP contribution in [0.2, 0.25) is 0 Å². The number of thiazole rings is 1. The Morgan fingerprint density at radius 1 is 0.885 bits per heavy atom. The van der Waals surface area contributed by atoms with E-state index in [-0.39, 0.29) is 5.84 Å². The van der Waals surface area contributed by atoms with Gasteiger partial charge in [0.05, 0.1) is 32.1 Å². The number of ether oxygens (including phenoxy) is 4. The number of morpholine rings is 2. The van der Waals surface area contributed by atoms with Crippen LogP contribution in [0.1, 0.15) is 42.2 Å². The number of benzene rings is 3. The molecule has 4 aromatic rings. The maximum Gasteiger partial charge on any atom is 0.241 e. The second-order valence-corrected chi connectivity index (χ2v) is 14.2. The van der Waals surface area contributed by atoms with Crippen molar-refractivity contribution in [1.82, 2.24) is 14.8 Å². The van der Waals surface area contributed by atoms with Crippen LogP contribution in [0.15, 0.2) is 84.0 Å². The summed E-state index contributed by atoms with van der Waals surface area (Å²) in [7, 11) is 0. The molecule has 52 heavy (non-hydrogen) atoms. The number of oxime groups is 1. The molecule has 6 rings (SSSR count). The quantitative estimate of drug-likeness (QED) is 0.0410. The molecule has 0 aliphatic carbocycles. The summed E-state index contributed by atoms with van der Waals surface area (Å²) in [6.07, 6.45) is 3.19. The van der Waals surface area contributed by atoms with Gasteiger partial charge >= 0.3 is 0 Å². The van der Waals surface area contributed by atoms with E-state index in [1.54, 1.807) is 24.3 Å². The lowest BCUT2D eigenvalue weighted by Gasteiger charge is -2.30. The molecule has 3 N–H and O–H groups in total. The molecule has 1 unspecified atom stereocenters. The largest absolute Gasteiger partial charge is 0.455 e. The Morgan fingerprint density at radius 2 is 1.50 bits per heavy atom. The third kappa shape index (κ3) is 10.9. The number of nitrogens with zero attached hydrogens (tertiary/aromatic N) is 5. The number of nitrogens with two attached hydrogens (primary N) is 1. The number of unbranched alkanes of at least 4 members (excludes halogenated alkanes) is 1. The minimum atomic E-state index is -0.464. The molecule has 0 radical (unpaired) electrons. The lowest BCUT2D eigenvalue weighted by molar-refractivity contribution is -0.00211. The lowest BCUT2D eigenvalue weighted by atomic mass is 10.1. The van der Waals surface area contributed by atoms with Crippen molar-refractivity contribution in [3.05, 3.63) is 94.9 Å². The topological polar surface area (TPSA) is 118 Å². The molecular formula is C40H52N6O5S. The maximum absolute atomic E-state index is 8.99. The second-order valence-electron chi connectivity index (χ2n) is 13.2. The van der Waals surface area contributed by atoms with Crippen molar-refractivity contribution >= 4 is 22.3 Å². The molecular weight excluding hydrogens is 677 g/mol. The van der Waals surface area contributed by atoms with Crippen LogP contribution in [0.3, 0.4) is 0 Å². The van der Waals surface area contributed by atoms with Crippen molar-refractivity contribution < 1.29 is 24.2 Å². The molecule has 12 heteroatoms. The van der Waals surface area contributed by atoms with Gasteiger partial charge in [-0.05, 0) is 66.9 Å². The fraction of sp³-hybridized carbons (Fsp3) is 0.450. The van der Waals surface area contributed by atoms with Crippen LogP contribution < -0.4 is 20.1 Å². The maximum atomic E-state index is 8.99. The number of hydrogen-bond acceptors (Lipinski definition) is 11. The van der Waals surface area contributed by atoms with Gasteiger partial charge in [-0.25, -0.2) is 4.98 Å². The van der Waals surface area contributed by atoms with E-state index in [4.69, 9.17) is 34.9 Å². The normalized spacial score (nSPS) is 16.4. The van der Waals surface area contributed by atoms with E-state index in [1.807, 2.05) is 23.5 Å². The van der Waals surface area contributed by atoms with Gasteiger partial charge < -0.3 is 34.8 Å². The van der Waals surface area contributed by atoms with Crippen LogP contribution in [0, 0.1) is 0 Å². The Balaban J connectivity index is 1.22. The molecule has 0 amide bonds. The van der Waals surface area contributed by atoms with E-state index in [1.165, 1.54) is 10.4 Å². The number of amidine groups is 1. The highest BCUT2D eigenvalue weighted by molar-refractivity contribution is 7.16. The molecule has 1 atom stereocenters. The number of rotatable bonds is 18. The predicted molar refractivity (Wildman–Crippen MR) is 207 cm³/mol. The van der Waals surface area contributed by atoms with Crippen LogP contribution in [-0.2, 0) is 22.4 Å². The van der Waals surface area contributed by atoms with Gasteiger partial charge in [-0.1, -0.05) is 48.8 Å². The van der Waals surface area contributed by atoms with E-state index in [9.17, 15) is 0 Å². The Bertz CT molecular complexity index is 1660. The van der Waals surface area contributed by atoms with E-state index in [0.29, 0.717) is 11.3 Å². The van der Waals surface area contributed by atoms with Crippen LogP contribution in [0.4, 0.5) is 5.13 Å². The highest BCUT2D eigenvalue weighted by Crippen LogP contribution is 2.35. The number of aromatic nitrogens is 1. The smallest absolute Gasteiger partial charge is 0.241 e. The molecule has 1 aromatic heterocycles. The summed E-state index contributed by atoms with van der Waals surface area (Å²) < 4.78 is 23.9. The highest BCUT2D eigenvalue weighted by atomic mass is 32.1. The molecule has 278 valence electrons. The molecule has 0 bridgehead atoms. The van der Waals surface area contributed by atoms with Gasteiger partial charge in [0, 0.05) is 74.8 Å². The van der Waals surface area contributed by atoms with Crippen molar-refractivity contribution in [1.29, 1.82) is 0 Å². The van der Waals surface area contributed by atoms with Gasteiger partial charge in [0.2, 0.25) is 6.29 Å². The summed E-state index contributed by atoms with van der Waals surface area (Å²) in [6, 6.07) is 26.1. The van der Waals surface area contributed by atoms with Crippen LogP contribution >= 0.6 is 11.3 Å². The van der Waals surface area contributed by atoms with Crippen LogP contribution in [0.5, 0.6) is 11.5 Å². The third-order valence-corrected chi connectivity index (χ3v) is 10.6. The molecule has 0 spiro atoms. The van der Waals surface area contributed by atoms with E-state index >= 15 is 0 Å². The van der Waals surface area contributed by atoms with Gasteiger partial charge in [-0.2, -0.15) is 0 Å². The first-order chi connectivity index (χ1) is 25.6. The monoisotopic (exact) mass is 728 g/mol. The van der Waals surface area contributed by atoms with Gasteiger partial charge in [-0.15, -0.1) is 11.3 Å². The zero-order valence-electron chi connectivity index (χ0n) is 30.2. The Hall–Kier alpha value is -4.20. The van der Waals surface area contributed by atoms with Crippen LogP contribution in [-0.4, -0.2) is 104 Å². The van der Waals surface area contributed by atoms with Crippen molar-refractivity contribution in [2.24, 2.45) is 10.9 Å². The summed E-state index contributed by atoms with van der Waals surface area (Å²) in [5.74, 6) is 1.44. The third-order valence-electron chi connectivity index (χ3n) is 9.44. The minimum Gasteiger partial charge on any atom is -0.455 e. The molecule has 11 nitrogen and oxygen atoms in total. The Morgan fingerprint density at radius 3 is 2.12 bits per heavy atom. The summed E-state index contributed by atoms with van der Waals surface area (Å²) >= 11 is 1.82. The fourth-order valence-electron chi connectivity index (χ4n) is 6.36. The van der Waals surface area contributed by atoms with Crippen molar-refractivity contribution in [3.8, 4) is 22.8 Å². The molecule has 0 saturated carbocycles. The zero-order chi connectivity index (χ0) is 36.0. The molecule has 2 aliphatic heterocycles. The average molecular weight is 729 g/mol. The van der Waals surface area contributed by atoms with Gasteiger partial charge in [-0.3, -0.25) is 9.80 Å². The SMILES string of the molecule is CCCCC(Oc1ccc(C(N)=NO)cc1)Oc1ccc(-c2nc(N(CCN3CCOCC3)Cc3ccccc3)sc2CCN2CCOCC2)cc1. The second kappa shape index (κ2) is 19.6. The van der Waals surface area contributed by atoms with Crippen molar-refractivity contribution in [2.75, 3.05) is 77.1 Å². The minimum absolute atomic E-state index is 0.0544. The van der Waals surface area contributed by atoms with Gasteiger partial charge in [0.1, 0.15) is 11.5 Å². The predicted octanol–water partition coefficient (Wildman–Crippen LogP) is 6.09. The first kappa shape index (κ1) is 37.6. The molecule has 3 heterocycles. The van der Waals surface area contributed by atoms with Gasteiger partial charge in [0.15, 0.2) is 11.0 Å². The van der Waals surface area contributed by atoms with E-state index in [2.05, 4.69) is 69.2 Å². The summed E-state index contributed by atoms with van der Waals surface area (Å²) in [4.78, 5) is 14.1. The van der Waals surface area contributed by atoms with Gasteiger partial charge in [0.25, 0.3) is 0 Å². The highest BCUT2D eigenvalue weighted by Gasteiger charge is 2.22. The van der Waals surface area contributed by atoms with Crippen molar-refractivity contribution in [2.45, 2.75) is 45.4 Å². The molecule has 3 aromatic carbocycles. The lowest BCUT2D eigenvalue weighted by Crippen LogP contribution is -2.41. The van der Waals surface area contributed by atoms with E-state index in [0.717, 1.165) is 127 Å². The molecule has 2 aliphatic rings. The number of anilines is 1. The van der Waals surface area contributed by atoms with E-state index < -0.39 is 6.29 Å². The first-order valence-electron chi connectivity index (χ1n) is 18.5. The summed E-state index contributed by atoms with van der Waals surface area (Å²) in [6.45, 7) is 12.8. The van der Waals surface area contributed by atoms with Crippen molar-refractivity contribution in [3.63, 3.8) is 0 Å².